The zero-order chi connectivity index (χ0) is 15.1. The third-order valence-corrected chi connectivity index (χ3v) is 5.26. The molecule has 6 nitrogen and oxygen atoms in total. The summed E-state index contributed by atoms with van der Waals surface area (Å²) in [6.07, 6.45) is 3.81. The van der Waals surface area contributed by atoms with Crippen molar-refractivity contribution in [3.05, 3.63) is 12.0 Å². The molecule has 7 heteroatoms. The van der Waals surface area contributed by atoms with Crippen molar-refractivity contribution in [1.29, 1.82) is 0 Å². The summed E-state index contributed by atoms with van der Waals surface area (Å²) in [6.45, 7) is 5.22. The first kappa shape index (κ1) is 14.1. The van der Waals surface area contributed by atoms with E-state index in [1.165, 1.54) is 19.0 Å². The molecule has 1 aromatic rings. The van der Waals surface area contributed by atoms with Crippen LogP contribution in [-0.2, 0) is 0 Å². The van der Waals surface area contributed by atoms with Crippen LogP contribution in [0.2, 0.25) is 0 Å². The second-order valence-corrected chi connectivity index (χ2v) is 6.53. The van der Waals surface area contributed by atoms with Crippen molar-refractivity contribution in [2.45, 2.75) is 24.9 Å². The Morgan fingerprint density at radius 2 is 1.82 bits per heavy atom. The summed E-state index contributed by atoms with van der Waals surface area (Å²) in [5.74, 6) is 0.820. The van der Waals surface area contributed by atoms with Crippen LogP contribution in [0.25, 0.3) is 0 Å². The first-order chi connectivity index (χ1) is 10.7. The number of piperazine rings is 2. The number of nitrogens with one attached hydrogen (secondary N) is 1. The molecule has 0 aliphatic carbocycles. The fourth-order valence-electron chi connectivity index (χ4n) is 3.88. The van der Waals surface area contributed by atoms with Crippen molar-refractivity contribution in [2.75, 3.05) is 56.1 Å². The smallest absolute Gasteiger partial charge is 0.227 e. The second-order valence-electron chi connectivity index (χ2n) is 6.53. The van der Waals surface area contributed by atoms with Gasteiger partial charge in [0.1, 0.15) is 0 Å². The fourth-order valence-corrected chi connectivity index (χ4v) is 3.88. The Kier molecular flexibility index (Phi) is 3.62. The summed E-state index contributed by atoms with van der Waals surface area (Å²) in [5, 5.41) is 3.28. The van der Waals surface area contributed by atoms with E-state index in [1.807, 2.05) is 4.90 Å². The number of hydrogen-bond donors (Lipinski definition) is 1. The molecule has 1 aromatic heterocycles. The van der Waals surface area contributed by atoms with E-state index in [9.17, 15) is 4.39 Å². The minimum Gasteiger partial charge on any atom is -0.351 e. The Bertz CT molecular complexity index is 533. The number of anilines is 2. The van der Waals surface area contributed by atoms with Crippen molar-refractivity contribution in [1.82, 2.24) is 20.2 Å². The van der Waals surface area contributed by atoms with Crippen LogP contribution in [0.4, 0.5) is 16.2 Å². The first-order valence-electron chi connectivity index (χ1n) is 8.17. The normalized spacial score (nSPS) is 29.2. The van der Waals surface area contributed by atoms with Gasteiger partial charge in [-0.2, -0.15) is 4.98 Å². The molecule has 4 rings (SSSR count). The number of halogens is 1. The highest BCUT2D eigenvalue weighted by Gasteiger charge is 2.38. The molecule has 0 radical (unpaired) electrons. The lowest BCUT2D eigenvalue weighted by Gasteiger charge is -2.39. The summed E-state index contributed by atoms with van der Waals surface area (Å²) in [5.41, 5.74) is 0. The van der Waals surface area contributed by atoms with E-state index in [0.717, 1.165) is 39.3 Å². The average molecular weight is 306 g/mol. The van der Waals surface area contributed by atoms with E-state index in [0.29, 0.717) is 23.8 Å². The highest BCUT2D eigenvalue weighted by atomic mass is 19.1. The van der Waals surface area contributed by atoms with E-state index in [1.54, 1.807) is 0 Å². The van der Waals surface area contributed by atoms with Crippen molar-refractivity contribution >= 4 is 11.8 Å². The Morgan fingerprint density at radius 1 is 1.14 bits per heavy atom. The van der Waals surface area contributed by atoms with Crippen LogP contribution in [0.5, 0.6) is 0 Å². The summed E-state index contributed by atoms with van der Waals surface area (Å²) >= 11 is 0. The van der Waals surface area contributed by atoms with E-state index in [-0.39, 0.29) is 5.82 Å². The van der Waals surface area contributed by atoms with Gasteiger partial charge in [-0.15, -0.1) is 0 Å². The molecule has 3 fully saturated rings. The van der Waals surface area contributed by atoms with Gasteiger partial charge in [0, 0.05) is 51.4 Å². The lowest BCUT2D eigenvalue weighted by atomic mass is 10.2. The van der Waals surface area contributed by atoms with Gasteiger partial charge in [-0.25, -0.2) is 9.37 Å². The lowest BCUT2D eigenvalue weighted by molar-refractivity contribution is 0.211. The predicted octanol–water partition coefficient (Wildman–Crippen LogP) is 0.308. The van der Waals surface area contributed by atoms with Crippen LogP contribution >= 0.6 is 0 Å². The van der Waals surface area contributed by atoms with E-state index in [4.69, 9.17) is 0 Å². The SMILES string of the molecule is CN1[C@@H]2CC[C@H]1CN(c1ncc(F)c(N3CCNCC3)n1)C2. The molecule has 0 aromatic carbocycles. The fraction of sp³-hybridized carbons (Fsp3) is 0.733. The molecule has 3 aliphatic heterocycles. The van der Waals surface area contributed by atoms with Gasteiger partial charge in [0.15, 0.2) is 11.6 Å². The second kappa shape index (κ2) is 5.62. The van der Waals surface area contributed by atoms with Crippen molar-refractivity contribution < 1.29 is 4.39 Å². The van der Waals surface area contributed by atoms with Crippen molar-refractivity contribution in [2.24, 2.45) is 0 Å². The van der Waals surface area contributed by atoms with Gasteiger partial charge in [-0.05, 0) is 19.9 Å². The molecule has 0 saturated carbocycles. The molecular weight excluding hydrogens is 283 g/mol. The van der Waals surface area contributed by atoms with E-state index in [2.05, 4.69) is 32.1 Å². The molecule has 120 valence electrons. The highest BCUT2D eigenvalue weighted by molar-refractivity contribution is 5.46. The molecule has 4 heterocycles. The van der Waals surface area contributed by atoms with Gasteiger partial charge in [0.25, 0.3) is 0 Å². The molecular formula is C15H23FN6. The number of aromatic nitrogens is 2. The molecule has 22 heavy (non-hydrogen) atoms. The maximum absolute atomic E-state index is 14.1. The Hall–Kier alpha value is -1.47. The third-order valence-electron chi connectivity index (χ3n) is 5.26. The Morgan fingerprint density at radius 3 is 2.50 bits per heavy atom. The minimum absolute atomic E-state index is 0.317. The number of fused-ring (bicyclic) bond motifs is 2. The third kappa shape index (κ3) is 2.42. The van der Waals surface area contributed by atoms with Gasteiger partial charge in [-0.1, -0.05) is 0 Å². The topological polar surface area (TPSA) is 47.5 Å². The molecule has 2 bridgehead atoms. The summed E-state index contributed by atoms with van der Waals surface area (Å²) in [6, 6.07) is 1.16. The van der Waals surface area contributed by atoms with Crippen LogP contribution in [-0.4, -0.2) is 73.3 Å². The number of nitrogens with zero attached hydrogens (tertiary/aromatic N) is 5. The van der Waals surface area contributed by atoms with Gasteiger partial charge in [-0.3, -0.25) is 4.90 Å². The molecule has 3 aliphatic rings. The minimum atomic E-state index is -0.317. The molecule has 3 saturated heterocycles. The molecule has 1 N–H and O–H groups in total. The van der Waals surface area contributed by atoms with Gasteiger partial charge < -0.3 is 15.1 Å². The van der Waals surface area contributed by atoms with Crippen LogP contribution in [0.1, 0.15) is 12.8 Å². The number of hydrogen-bond acceptors (Lipinski definition) is 6. The largest absolute Gasteiger partial charge is 0.351 e. The maximum atomic E-state index is 14.1. The number of rotatable bonds is 2. The zero-order valence-electron chi connectivity index (χ0n) is 13.0. The monoisotopic (exact) mass is 306 g/mol. The van der Waals surface area contributed by atoms with Gasteiger partial charge >= 0.3 is 0 Å². The van der Waals surface area contributed by atoms with Crippen LogP contribution in [0.3, 0.4) is 0 Å². The maximum Gasteiger partial charge on any atom is 0.227 e. The molecule has 2 atom stereocenters. The number of likely N-dealkylation sites (N-methyl/N-ethyl adjacent to an activating group) is 1. The zero-order valence-corrected chi connectivity index (χ0v) is 13.0. The van der Waals surface area contributed by atoms with E-state index >= 15 is 0 Å². The van der Waals surface area contributed by atoms with Crippen LogP contribution < -0.4 is 15.1 Å². The lowest BCUT2D eigenvalue weighted by Crippen LogP contribution is -2.52. The predicted molar refractivity (Wildman–Crippen MR) is 83.9 cm³/mol. The molecule has 0 unspecified atom stereocenters. The first-order valence-corrected chi connectivity index (χ1v) is 8.17. The van der Waals surface area contributed by atoms with Crippen molar-refractivity contribution in [3.8, 4) is 0 Å². The Labute approximate surface area is 130 Å². The summed E-state index contributed by atoms with van der Waals surface area (Å²) < 4.78 is 14.1. The molecule has 0 spiro atoms. The van der Waals surface area contributed by atoms with Crippen molar-refractivity contribution in [3.63, 3.8) is 0 Å². The Balaban J connectivity index is 1.57. The quantitative estimate of drug-likeness (QED) is 0.848. The van der Waals surface area contributed by atoms with Gasteiger partial charge in [0.05, 0.1) is 6.20 Å². The molecule has 0 amide bonds. The standard InChI is InChI=1S/C15H23FN6/c1-20-11-2-3-12(20)10-22(9-11)15-18-8-13(16)14(19-15)21-6-4-17-5-7-21/h8,11-12,17H,2-7,9-10H2,1H3/t11-,12+. The average Bonchev–Trinajstić information content (AvgIpc) is 2.77. The summed E-state index contributed by atoms with van der Waals surface area (Å²) in [4.78, 5) is 15.5. The summed E-state index contributed by atoms with van der Waals surface area (Å²) in [7, 11) is 2.21. The highest BCUT2D eigenvalue weighted by Crippen LogP contribution is 2.30. The van der Waals surface area contributed by atoms with E-state index < -0.39 is 0 Å². The van der Waals surface area contributed by atoms with Gasteiger partial charge in [0.2, 0.25) is 5.95 Å². The van der Waals surface area contributed by atoms with Crippen LogP contribution in [0.15, 0.2) is 6.20 Å². The van der Waals surface area contributed by atoms with Crippen LogP contribution in [0, 0.1) is 5.82 Å².